The van der Waals surface area contributed by atoms with Crippen LogP contribution in [-0.4, -0.2) is 59.9 Å². The lowest BCUT2D eigenvalue weighted by Crippen LogP contribution is -2.47. The molecule has 2 rings (SSSR count). The summed E-state index contributed by atoms with van der Waals surface area (Å²) in [6.07, 6.45) is 2.26. The van der Waals surface area contributed by atoms with Gasteiger partial charge < -0.3 is 16.2 Å². The SMILES string of the molecule is CC1CC(NC(=O)[CH]CC(C)C(N)=O)[C@@H](O)CN(S(=O)(=O)c2ccccn2)C1. The fourth-order valence-electron chi connectivity index (χ4n) is 3.05. The van der Waals surface area contributed by atoms with Crippen molar-refractivity contribution in [3.63, 3.8) is 0 Å². The van der Waals surface area contributed by atoms with Crippen LogP contribution in [0.15, 0.2) is 29.4 Å². The number of hydrogen-bond acceptors (Lipinski definition) is 6. The molecule has 155 valence electrons. The molecule has 0 aromatic carbocycles. The number of β-amino-alcohol motifs (C(OH)–C–C–N with tert-alkyl or cyclic N) is 1. The summed E-state index contributed by atoms with van der Waals surface area (Å²) in [6, 6.07) is 4.01. The van der Waals surface area contributed by atoms with Crippen LogP contribution < -0.4 is 11.1 Å². The Labute approximate surface area is 165 Å². The molecular weight excluding hydrogens is 384 g/mol. The van der Waals surface area contributed by atoms with E-state index in [-0.39, 0.29) is 30.5 Å². The number of nitrogens with one attached hydrogen (secondary N) is 1. The minimum absolute atomic E-state index is 0.0781. The Morgan fingerprint density at radius 2 is 2.14 bits per heavy atom. The molecule has 1 saturated heterocycles. The van der Waals surface area contributed by atoms with Crippen LogP contribution in [0, 0.1) is 18.3 Å². The first kappa shape index (κ1) is 22.3. The van der Waals surface area contributed by atoms with Gasteiger partial charge in [-0.25, -0.2) is 13.4 Å². The highest BCUT2D eigenvalue weighted by atomic mass is 32.2. The Bertz CT molecular complexity index is 786. The quantitative estimate of drug-likeness (QED) is 0.561. The van der Waals surface area contributed by atoms with Gasteiger partial charge in [0.25, 0.3) is 10.0 Å². The number of primary amides is 1. The van der Waals surface area contributed by atoms with Gasteiger partial charge >= 0.3 is 0 Å². The number of amides is 2. The van der Waals surface area contributed by atoms with E-state index < -0.39 is 39.9 Å². The molecule has 0 saturated carbocycles. The van der Waals surface area contributed by atoms with E-state index in [0.717, 1.165) is 0 Å². The molecule has 4 atom stereocenters. The number of carbonyl (C=O) groups is 2. The molecule has 0 aliphatic carbocycles. The smallest absolute Gasteiger partial charge is 0.260 e. The topological polar surface area (TPSA) is 143 Å². The van der Waals surface area contributed by atoms with Crippen molar-refractivity contribution in [1.82, 2.24) is 14.6 Å². The third-order valence-electron chi connectivity index (χ3n) is 4.74. The highest BCUT2D eigenvalue weighted by Crippen LogP contribution is 2.23. The van der Waals surface area contributed by atoms with E-state index in [1.165, 1.54) is 23.0 Å². The lowest BCUT2D eigenvalue weighted by Gasteiger charge is -2.24. The van der Waals surface area contributed by atoms with Crippen molar-refractivity contribution in [1.29, 1.82) is 0 Å². The van der Waals surface area contributed by atoms with Crippen molar-refractivity contribution in [2.24, 2.45) is 17.6 Å². The number of nitrogens with zero attached hydrogens (tertiary/aromatic N) is 2. The molecule has 0 bridgehead atoms. The second kappa shape index (κ2) is 9.44. The van der Waals surface area contributed by atoms with Gasteiger partial charge in [0.2, 0.25) is 11.8 Å². The fourth-order valence-corrected chi connectivity index (χ4v) is 4.56. The summed E-state index contributed by atoms with van der Waals surface area (Å²) in [7, 11) is -3.84. The number of aromatic nitrogens is 1. The predicted molar refractivity (Wildman–Crippen MR) is 102 cm³/mol. The van der Waals surface area contributed by atoms with Crippen molar-refractivity contribution in [2.45, 2.75) is 43.9 Å². The maximum absolute atomic E-state index is 12.8. The van der Waals surface area contributed by atoms with Gasteiger partial charge in [-0.2, -0.15) is 4.31 Å². The van der Waals surface area contributed by atoms with Gasteiger partial charge in [0.05, 0.1) is 18.6 Å². The molecule has 1 radical (unpaired) electrons. The van der Waals surface area contributed by atoms with E-state index >= 15 is 0 Å². The summed E-state index contributed by atoms with van der Waals surface area (Å²) < 4.78 is 26.8. The number of pyridine rings is 1. The first-order valence-corrected chi connectivity index (χ1v) is 10.6. The Morgan fingerprint density at radius 1 is 1.43 bits per heavy atom. The Morgan fingerprint density at radius 3 is 2.75 bits per heavy atom. The van der Waals surface area contributed by atoms with E-state index in [2.05, 4.69) is 10.3 Å². The third-order valence-corrected chi connectivity index (χ3v) is 6.49. The molecule has 2 heterocycles. The maximum Gasteiger partial charge on any atom is 0.260 e. The Balaban J connectivity index is 2.04. The number of carbonyl (C=O) groups excluding carboxylic acids is 2. The molecule has 1 aliphatic rings. The second-order valence-electron chi connectivity index (χ2n) is 7.26. The maximum atomic E-state index is 12.8. The van der Waals surface area contributed by atoms with Gasteiger partial charge in [-0.05, 0) is 30.9 Å². The predicted octanol–water partition coefficient (Wildman–Crippen LogP) is -0.326. The zero-order chi connectivity index (χ0) is 20.9. The summed E-state index contributed by atoms with van der Waals surface area (Å²) in [5.41, 5.74) is 5.17. The number of rotatable bonds is 7. The van der Waals surface area contributed by atoms with Crippen LogP contribution in [0.5, 0.6) is 0 Å². The van der Waals surface area contributed by atoms with E-state index in [1.807, 2.05) is 6.92 Å². The van der Waals surface area contributed by atoms with Crippen molar-refractivity contribution < 1.29 is 23.1 Å². The highest BCUT2D eigenvalue weighted by Gasteiger charge is 2.36. The fraction of sp³-hybridized carbons (Fsp3) is 0.556. The molecule has 1 aromatic heterocycles. The Hall–Kier alpha value is -2.04. The summed E-state index contributed by atoms with van der Waals surface area (Å²) in [4.78, 5) is 27.1. The van der Waals surface area contributed by atoms with Crippen molar-refractivity contribution in [3.8, 4) is 0 Å². The van der Waals surface area contributed by atoms with E-state index in [1.54, 1.807) is 19.1 Å². The minimum Gasteiger partial charge on any atom is -0.390 e. The molecule has 10 heteroatoms. The number of aliphatic hydroxyl groups is 1. The zero-order valence-corrected chi connectivity index (χ0v) is 16.8. The molecular formula is C18H27N4O5S. The largest absolute Gasteiger partial charge is 0.390 e. The molecule has 2 amide bonds. The number of nitrogens with two attached hydrogens (primary N) is 1. The molecule has 0 spiro atoms. The number of hydrogen-bond donors (Lipinski definition) is 3. The van der Waals surface area contributed by atoms with Crippen molar-refractivity contribution in [2.75, 3.05) is 13.1 Å². The average molecular weight is 412 g/mol. The second-order valence-corrected chi connectivity index (χ2v) is 9.14. The van der Waals surface area contributed by atoms with Crippen LogP contribution >= 0.6 is 0 Å². The first-order chi connectivity index (χ1) is 13.1. The van der Waals surface area contributed by atoms with E-state index in [0.29, 0.717) is 6.42 Å². The minimum atomic E-state index is -3.84. The summed E-state index contributed by atoms with van der Waals surface area (Å²) in [6.45, 7) is 3.54. The molecule has 1 aliphatic heterocycles. The molecule has 28 heavy (non-hydrogen) atoms. The standard InChI is InChI=1S/C18H27N4O5S/c1-12-9-14(21-16(24)7-6-13(2)18(19)25)15(23)11-22(10-12)28(26,27)17-5-3-4-8-20-17/h3-5,7-8,12-15,23H,6,9-11H2,1-2H3,(H2,19,25)(H,21,24)/t12?,13?,14?,15-/m0/s1. The number of aliphatic hydroxyl groups excluding tert-OH is 1. The molecule has 4 N–H and O–H groups in total. The normalized spacial score (nSPS) is 24.9. The molecule has 1 aromatic rings. The van der Waals surface area contributed by atoms with Crippen LogP contribution in [0.3, 0.4) is 0 Å². The first-order valence-electron chi connectivity index (χ1n) is 9.13. The lowest BCUT2D eigenvalue weighted by atomic mass is 9.99. The van der Waals surface area contributed by atoms with Crippen molar-refractivity contribution >= 4 is 21.8 Å². The van der Waals surface area contributed by atoms with Gasteiger partial charge in [-0.15, -0.1) is 0 Å². The van der Waals surface area contributed by atoms with Crippen LogP contribution in [0.2, 0.25) is 0 Å². The molecule has 1 fully saturated rings. The Kier molecular flexibility index (Phi) is 7.50. The number of sulfonamides is 1. The van der Waals surface area contributed by atoms with Crippen LogP contribution in [-0.2, 0) is 19.6 Å². The van der Waals surface area contributed by atoms with E-state index in [4.69, 9.17) is 5.73 Å². The highest BCUT2D eigenvalue weighted by molar-refractivity contribution is 7.89. The molecule has 9 nitrogen and oxygen atoms in total. The van der Waals surface area contributed by atoms with Gasteiger partial charge in [0.1, 0.15) is 0 Å². The van der Waals surface area contributed by atoms with E-state index in [9.17, 15) is 23.1 Å². The zero-order valence-electron chi connectivity index (χ0n) is 16.0. The van der Waals surface area contributed by atoms with Crippen LogP contribution in [0.25, 0.3) is 0 Å². The van der Waals surface area contributed by atoms with Crippen LogP contribution in [0.1, 0.15) is 26.7 Å². The average Bonchev–Trinajstić information content (AvgIpc) is 2.79. The molecule has 3 unspecified atom stereocenters. The van der Waals surface area contributed by atoms with Gasteiger partial charge in [0, 0.05) is 25.2 Å². The summed E-state index contributed by atoms with van der Waals surface area (Å²) in [5, 5.41) is 13.2. The summed E-state index contributed by atoms with van der Waals surface area (Å²) >= 11 is 0. The van der Waals surface area contributed by atoms with Gasteiger partial charge in [-0.1, -0.05) is 19.9 Å². The van der Waals surface area contributed by atoms with Crippen LogP contribution in [0.4, 0.5) is 0 Å². The summed E-state index contributed by atoms with van der Waals surface area (Å²) in [5.74, 6) is -1.49. The third kappa shape index (κ3) is 5.73. The monoisotopic (exact) mass is 411 g/mol. The lowest BCUT2D eigenvalue weighted by molar-refractivity contribution is -0.121. The van der Waals surface area contributed by atoms with Crippen molar-refractivity contribution in [3.05, 3.63) is 30.8 Å². The van der Waals surface area contributed by atoms with Gasteiger partial charge in [0.15, 0.2) is 5.03 Å². The van der Waals surface area contributed by atoms with Gasteiger partial charge in [-0.3, -0.25) is 9.59 Å².